The lowest BCUT2D eigenvalue weighted by molar-refractivity contribution is -0.144. The molecule has 1 heterocycles. The minimum Gasteiger partial charge on any atom is -0.480 e. The van der Waals surface area contributed by atoms with E-state index >= 15 is 0 Å². The third-order valence-corrected chi connectivity index (χ3v) is 2.96. The van der Waals surface area contributed by atoms with E-state index in [1.54, 1.807) is 12.1 Å². The fourth-order valence-electron chi connectivity index (χ4n) is 1.99. The molecule has 1 unspecified atom stereocenters. The summed E-state index contributed by atoms with van der Waals surface area (Å²) in [5, 5.41) is 11.2. The van der Waals surface area contributed by atoms with Gasteiger partial charge >= 0.3 is 5.97 Å². The minimum atomic E-state index is -1.34. The number of rotatable bonds is 5. The first-order valence-corrected chi connectivity index (χ1v) is 6.03. The summed E-state index contributed by atoms with van der Waals surface area (Å²) in [4.78, 5) is 33.7. The maximum Gasteiger partial charge on any atom is 0.326 e. The van der Waals surface area contributed by atoms with Gasteiger partial charge in [0.05, 0.1) is 6.42 Å². The average molecular weight is 278 g/mol. The monoisotopic (exact) mass is 278 g/mol. The number of hydrogen-bond donors (Lipinski definition) is 3. The van der Waals surface area contributed by atoms with Gasteiger partial charge in [0.1, 0.15) is 11.8 Å². The van der Waals surface area contributed by atoms with Crippen LogP contribution in [0.15, 0.2) is 24.3 Å². The Kier molecular flexibility index (Phi) is 3.88. The van der Waals surface area contributed by atoms with Gasteiger partial charge in [-0.15, -0.1) is 0 Å². The van der Waals surface area contributed by atoms with Crippen LogP contribution in [0.3, 0.4) is 0 Å². The average Bonchev–Trinajstić information content (AvgIpc) is 2.81. The van der Waals surface area contributed by atoms with E-state index in [2.05, 4.69) is 5.32 Å². The summed E-state index contributed by atoms with van der Waals surface area (Å²) in [5.41, 5.74) is 5.83. The van der Waals surface area contributed by atoms with Crippen LogP contribution in [0.1, 0.15) is 12.0 Å². The molecule has 7 heteroatoms. The number of carboxylic acid groups (broad SMARTS) is 1. The number of carbonyl (C=O) groups excluding carboxylic acids is 2. The first-order valence-electron chi connectivity index (χ1n) is 6.03. The Bertz CT molecular complexity index is 532. The summed E-state index contributed by atoms with van der Waals surface area (Å²) in [6.45, 7) is 0. The molecule has 1 aliphatic heterocycles. The van der Waals surface area contributed by atoms with Gasteiger partial charge in [-0.1, -0.05) is 18.2 Å². The van der Waals surface area contributed by atoms with Crippen molar-refractivity contribution in [3.05, 3.63) is 29.8 Å². The molecule has 2 atom stereocenters. The second kappa shape index (κ2) is 5.60. The molecule has 0 aliphatic carbocycles. The zero-order valence-corrected chi connectivity index (χ0v) is 10.5. The molecule has 1 aromatic carbocycles. The van der Waals surface area contributed by atoms with Gasteiger partial charge in [-0.05, 0) is 11.6 Å². The summed E-state index contributed by atoms with van der Waals surface area (Å²) in [7, 11) is 0. The predicted molar refractivity (Wildman–Crippen MR) is 67.9 cm³/mol. The van der Waals surface area contributed by atoms with E-state index in [9.17, 15) is 14.4 Å². The number of carbonyl (C=O) groups is 3. The summed E-state index contributed by atoms with van der Waals surface area (Å²) >= 11 is 0. The molecule has 2 rings (SSSR count). The van der Waals surface area contributed by atoms with Crippen molar-refractivity contribution >= 4 is 17.8 Å². The quantitative estimate of drug-likeness (QED) is 0.666. The highest BCUT2D eigenvalue weighted by Gasteiger charge is 2.32. The summed E-state index contributed by atoms with van der Waals surface area (Å²) in [6.07, 6.45) is -0.881. The maximum atomic E-state index is 12.0. The van der Waals surface area contributed by atoms with Crippen LogP contribution in [0.5, 0.6) is 5.75 Å². The van der Waals surface area contributed by atoms with Crippen LogP contribution in [0, 0.1) is 0 Å². The number of hydrogen-bond acceptors (Lipinski definition) is 4. The van der Waals surface area contributed by atoms with Crippen LogP contribution in [0.25, 0.3) is 0 Å². The van der Waals surface area contributed by atoms with E-state index in [1.165, 1.54) is 0 Å². The molecule has 20 heavy (non-hydrogen) atoms. The third-order valence-electron chi connectivity index (χ3n) is 2.96. The van der Waals surface area contributed by atoms with Crippen molar-refractivity contribution in [1.82, 2.24) is 5.32 Å². The number of para-hydroxylation sites is 1. The van der Waals surface area contributed by atoms with Crippen molar-refractivity contribution in [2.45, 2.75) is 25.0 Å². The highest BCUT2D eigenvalue weighted by molar-refractivity contribution is 5.90. The smallest absolute Gasteiger partial charge is 0.326 e. The highest BCUT2D eigenvalue weighted by Crippen LogP contribution is 2.28. The summed E-state index contributed by atoms with van der Waals surface area (Å²) in [5.74, 6) is -2.08. The lowest BCUT2D eigenvalue weighted by Gasteiger charge is -2.16. The van der Waals surface area contributed by atoms with Crippen LogP contribution < -0.4 is 15.8 Å². The Morgan fingerprint density at radius 2 is 2.10 bits per heavy atom. The molecule has 2 amide bonds. The summed E-state index contributed by atoms with van der Waals surface area (Å²) < 4.78 is 5.43. The number of nitrogens with two attached hydrogens (primary N) is 1. The van der Waals surface area contributed by atoms with Crippen LogP contribution in [0.2, 0.25) is 0 Å². The molecule has 0 bridgehead atoms. The molecule has 106 valence electrons. The largest absolute Gasteiger partial charge is 0.480 e. The summed E-state index contributed by atoms with van der Waals surface area (Å²) in [6, 6.07) is 5.84. The van der Waals surface area contributed by atoms with Crippen molar-refractivity contribution in [3.8, 4) is 5.75 Å². The van der Waals surface area contributed by atoms with Crippen LogP contribution in [0.4, 0.5) is 0 Å². The number of nitrogens with one attached hydrogen (secondary N) is 1. The van der Waals surface area contributed by atoms with Crippen LogP contribution >= 0.6 is 0 Å². The standard InChI is InChI=1S/C13H14N2O5/c14-11(16)6-8(13(18)19)15-12(17)10-5-7-3-1-2-4-9(7)20-10/h1-4,8,10H,5-6H2,(H2,14,16)(H,15,17)(H,18,19)/t8-,10?/m1/s1. The Morgan fingerprint density at radius 1 is 1.40 bits per heavy atom. The topological polar surface area (TPSA) is 119 Å². The lowest BCUT2D eigenvalue weighted by atomic mass is 10.1. The van der Waals surface area contributed by atoms with Crippen molar-refractivity contribution in [3.63, 3.8) is 0 Å². The van der Waals surface area contributed by atoms with Gasteiger partial charge in [0.25, 0.3) is 5.91 Å². The Labute approximate surface area is 114 Å². The second-order valence-electron chi connectivity index (χ2n) is 4.49. The third kappa shape index (κ3) is 3.05. The molecule has 0 saturated heterocycles. The van der Waals surface area contributed by atoms with Crippen LogP contribution in [-0.4, -0.2) is 35.0 Å². The van der Waals surface area contributed by atoms with E-state index in [0.717, 1.165) is 5.56 Å². The minimum absolute atomic E-state index is 0.366. The molecule has 4 N–H and O–H groups in total. The zero-order chi connectivity index (χ0) is 14.7. The van der Waals surface area contributed by atoms with E-state index in [1.807, 2.05) is 12.1 Å². The van der Waals surface area contributed by atoms with Gasteiger partial charge in [-0.25, -0.2) is 4.79 Å². The molecule has 0 aromatic heterocycles. The zero-order valence-electron chi connectivity index (χ0n) is 10.5. The highest BCUT2D eigenvalue weighted by atomic mass is 16.5. The van der Waals surface area contributed by atoms with Crippen molar-refractivity contribution in [2.24, 2.45) is 5.73 Å². The normalized spacial score (nSPS) is 17.7. The maximum absolute atomic E-state index is 12.0. The Balaban J connectivity index is 1.99. The molecule has 7 nitrogen and oxygen atoms in total. The van der Waals surface area contributed by atoms with E-state index < -0.39 is 36.4 Å². The second-order valence-corrected chi connectivity index (χ2v) is 4.49. The van der Waals surface area contributed by atoms with Crippen molar-refractivity contribution in [1.29, 1.82) is 0 Å². The van der Waals surface area contributed by atoms with Crippen LogP contribution in [-0.2, 0) is 20.8 Å². The Morgan fingerprint density at radius 3 is 2.70 bits per heavy atom. The fourth-order valence-corrected chi connectivity index (χ4v) is 1.99. The molecule has 0 radical (unpaired) electrons. The molecular formula is C13H14N2O5. The molecular weight excluding hydrogens is 264 g/mol. The van der Waals surface area contributed by atoms with Gasteiger partial charge in [0.2, 0.25) is 5.91 Å². The number of amides is 2. The number of ether oxygens (including phenoxy) is 1. The Hall–Kier alpha value is -2.57. The van der Waals surface area contributed by atoms with Gasteiger partial charge in [0.15, 0.2) is 6.10 Å². The number of fused-ring (bicyclic) bond motifs is 1. The van der Waals surface area contributed by atoms with Crippen molar-refractivity contribution in [2.75, 3.05) is 0 Å². The first kappa shape index (κ1) is 13.9. The van der Waals surface area contributed by atoms with Gasteiger partial charge in [-0.2, -0.15) is 0 Å². The molecule has 0 saturated carbocycles. The van der Waals surface area contributed by atoms with Crippen molar-refractivity contribution < 1.29 is 24.2 Å². The number of primary amides is 1. The SMILES string of the molecule is NC(=O)C[C@@H](NC(=O)C1Cc2ccccc2O1)C(=O)O. The van der Waals surface area contributed by atoms with Gasteiger partial charge < -0.3 is 20.9 Å². The van der Waals surface area contributed by atoms with E-state index in [0.29, 0.717) is 12.2 Å². The fraction of sp³-hybridized carbons (Fsp3) is 0.308. The molecule has 0 fully saturated rings. The van der Waals surface area contributed by atoms with Gasteiger partial charge in [0, 0.05) is 6.42 Å². The molecule has 1 aliphatic rings. The van der Waals surface area contributed by atoms with E-state index in [-0.39, 0.29) is 0 Å². The van der Waals surface area contributed by atoms with E-state index in [4.69, 9.17) is 15.6 Å². The lowest BCUT2D eigenvalue weighted by Crippen LogP contribution is -2.48. The number of benzene rings is 1. The number of aliphatic carboxylic acids is 1. The number of carboxylic acids is 1. The predicted octanol–water partition coefficient (Wildman–Crippen LogP) is -0.565. The molecule has 0 spiro atoms. The molecule has 1 aromatic rings. The first-order chi connectivity index (χ1) is 9.47. The van der Waals surface area contributed by atoms with Gasteiger partial charge in [-0.3, -0.25) is 9.59 Å².